The molecule has 2 heterocycles. The molecule has 0 atom stereocenters. The van der Waals surface area contributed by atoms with Crippen LogP contribution in [-0.2, 0) is 13.0 Å². The molecule has 0 amide bonds. The summed E-state index contributed by atoms with van der Waals surface area (Å²) in [5.74, 6) is 0.873. The van der Waals surface area contributed by atoms with Crippen LogP contribution in [0.25, 0.3) is 0 Å². The van der Waals surface area contributed by atoms with Crippen LogP contribution in [0.4, 0.5) is 5.82 Å². The second-order valence-electron chi connectivity index (χ2n) is 4.14. The first-order chi connectivity index (χ1) is 8.79. The third kappa shape index (κ3) is 3.28. The van der Waals surface area contributed by atoms with Crippen molar-refractivity contribution in [2.75, 3.05) is 18.5 Å². The highest BCUT2D eigenvalue weighted by Crippen LogP contribution is 2.10. The van der Waals surface area contributed by atoms with Gasteiger partial charge in [-0.05, 0) is 24.3 Å². The summed E-state index contributed by atoms with van der Waals surface area (Å²) in [6.07, 6.45) is 2.68. The van der Waals surface area contributed by atoms with Crippen molar-refractivity contribution in [3.63, 3.8) is 0 Å². The first-order valence-corrected chi connectivity index (χ1v) is 5.97. The van der Waals surface area contributed by atoms with Gasteiger partial charge in [0.2, 0.25) is 0 Å². The maximum absolute atomic E-state index is 9.06. The molecule has 0 radical (unpaired) electrons. The number of likely N-dealkylation sites (N-methyl/N-ethyl adjacent to an activating group) is 1. The second kappa shape index (κ2) is 6.12. The molecule has 0 saturated carbocycles. The lowest BCUT2D eigenvalue weighted by Crippen LogP contribution is -2.22. The zero-order valence-corrected chi connectivity index (χ0v) is 10.5. The molecule has 0 spiro atoms. The first kappa shape index (κ1) is 12.5. The fraction of sp³-hybridized carbons (Fsp3) is 0.286. The summed E-state index contributed by atoms with van der Waals surface area (Å²) in [7, 11) is 1.99. The second-order valence-corrected chi connectivity index (χ2v) is 4.14. The van der Waals surface area contributed by atoms with Gasteiger partial charge in [-0.3, -0.25) is 4.98 Å². The summed E-state index contributed by atoms with van der Waals surface area (Å²) < 4.78 is 0. The van der Waals surface area contributed by atoms with Gasteiger partial charge in [-0.15, -0.1) is 0 Å². The molecular formula is C14H17N3O. The van der Waals surface area contributed by atoms with Crippen molar-refractivity contribution in [3.05, 3.63) is 54.0 Å². The van der Waals surface area contributed by atoms with Crippen LogP contribution in [-0.4, -0.2) is 28.7 Å². The Balaban J connectivity index is 1.97. The number of aliphatic hydroxyl groups is 1. The van der Waals surface area contributed by atoms with Crippen molar-refractivity contribution in [2.24, 2.45) is 0 Å². The van der Waals surface area contributed by atoms with Crippen LogP contribution >= 0.6 is 0 Å². The Kier molecular flexibility index (Phi) is 4.25. The van der Waals surface area contributed by atoms with Gasteiger partial charge in [0, 0.05) is 31.9 Å². The van der Waals surface area contributed by atoms with Crippen LogP contribution < -0.4 is 4.90 Å². The van der Waals surface area contributed by atoms with Crippen molar-refractivity contribution in [1.82, 2.24) is 9.97 Å². The minimum Gasteiger partial charge on any atom is -0.390 e. The van der Waals surface area contributed by atoms with Crippen molar-refractivity contribution in [2.45, 2.75) is 13.0 Å². The predicted octanol–water partition coefficient (Wildman–Crippen LogP) is 1.65. The van der Waals surface area contributed by atoms with E-state index >= 15 is 0 Å². The molecule has 1 N–H and O–H groups in total. The van der Waals surface area contributed by atoms with E-state index in [1.807, 2.05) is 43.4 Å². The minimum absolute atomic E-state index is 0.0259. The van der Waals surface area contributed by atoms with Crippen molar-refractivity contribution in [3.8, 4) is 0 Å². The Morgan fingerprint density at radius 1 is 1.11 bits per heavy atom. The summed E-state index contributed by atoms with van der Waals surface area (Å²) in [4.78, 5) is 10.7. The molecule has 0 fully saturated rings. The zero-order valence-electron chi connectivity index (χ0n) is 10.5. The normalized spacial score (nSPS) is 10.3. The molecule has 0 aliphatic heterocycles. The largest absolute Gasteiger partial charge is 0.390 e. The lowest BCUT2D eigenvalue weighted by Gasteiger charge is -2.18. The highest BCUT2D eigenvalue weighted by molar-refractivity contribution is 5.38. The molecule has 18 heavy (non-hydrogen) atoms. The molecule has 2 aromatic heterocycles. The van der Waals surface area contributed by atoms with Crippen molar-refractivity contribution < 1.29 is 5.11 Å². The van der Waals surface area contributed by atoms with Gasteiger partial charge in [0.05, 0.1) is 12.3 Å². The highest BCUT2D eigenvalue weighted by atomic mass is 16.3. The third-order valence-corrected chi connectivity index (χ3v) is 2.77. The number of hydrogen-bond acceptors (Lipinski definition) is 4. The monoisotopic (exact) mass is 243 g/mol. The van der Waals surface area contributed by atoms with Crippen LogP contribution in [0.2, 0.25) is 0 Å². The molecule has 0 unspecified atom stereocenters. The predicted molar refractivity (Wildman–Crippen MR) is 71.4 cm³/mol. The molecule has 0 bridgehead atoms. The molecule has 0 saturated heterocycles. The van der Waals surface area contributed by atoms with E-state index in [0.717, 1.165) is 24.5 Å². The van der Waals surface area contributed by atoms with Crippen LogP contribution in [0, 0.1) is 0 Å². The first-order valence-electron chi connectivity index (χ1n) is 5.97. The van der Waals surface area contributed by atoms with E-state index in [1.165, 1.54) is 0 Å². The summed E-state index contributed by atoms with van der Waals surface area (Å²) in [5.41, 5.74) is 1.76. The van der Waals surface area contributed by atoms with E-state index in [9.17, 15) is 0 Å². The Labute approximate surface area is 107 Å². The van der Waals surface area contributed by atoms with E-state index in [4.69, 9.17) is 5.11 Å². The van der Waals surface area contributed by atoms with Crippen LogP contribution in [0.1, 0.15) is 11.4 Å². The molecule has 0 aliphatic carbocycles. The van der Waals surface area contributed by atoms with Crippen LogP contribution in [0.5, 0.6) is 0 Å². The fourth-order valence-corrected chi connectivity index (χ4v) is 1.71. The molecular weight excluding hydrogens is 226 g/mol. The van der Waals surface area contributed by atoms with Gasteiger partial charge in [0.25, 0.3) is 0 Å². The molecule has 4 nitrogen and oxygen atoms in total. The number of hydrogen-bond donors (Lipinski definition) is 1. The number of rotatable bonds is 5. The zero-order chi connectivity index (χ0) is 12.8. The Morgan fingerprint density at radius 2 is 1.94 bits per heavy atom. The number of aliphatic hydroxyl groups excluding tert-OH is 1. The Morgan fingerprint density at radius 3 is 2.67 bits per heavy atom. The summed E-state index contributed by atoms with van der Waals surface area (Å²) in [5, 5.41) is 9.06. The lowest BCUT2D eigenvalue weighted by atomic mass is 10.2. The topological polar surface area (TPSA) is 49.2 Å². The van der Waals surface area contributed by atoms with Crippen LogP contribution in [0.3, 0.4) is 0 Å². The van der Waals surface area contributed by atoms with Gasteiger partial charge in [0.1, 0.15) is 5.82 Å². The van der Waals surface area contributed by atoms with E-state index in [0.29, 0.717) is 5.69 Å². The quantitative estimate of drug-likeness (QED) is 0.867. The van der Waals surface area contributed by atoms with E-state index in [-0.39, 0.29) is 6.61 Å². The van der Waals surface area contributed by atoms with E-state index in [2.05, 4.69) is 14.9 Å². The van der Waals surface area contributed by atoms with Gasteiger partial charge in [0.15, 0.2) is 0 Å². The smallest absolute Gasteiger partial charge is 0.128 e. The third-order valence-electron chi connectivity index (χ3n) is 2.77. The Hall–Kier alpha value is -1.94. The molecule has 94 valence electrons. The van der Waals surface area contributed by atoms with E-state index in [1.54, 1.807) is 6.20 Å². The van der Waals surface area contributed by atoms with Gasteiger partial charge >= 0.3 is 0 Å². The summed E-state index contributed by atoms with van der Waals surface area (Å²) >= 11 is 0. The highest BCUT2D eigenvalue weighted by Gasteiger charge is 2.04. The minimum atomic E-state index is -0.0259. The van der Waals surface area contributed by atoms with Gasteiger partial charge in [-0.1, -0.05) is 12.1 Å². The van der Waals surface area contributed by atoms with Crippen molar-refractivity contribution >= 4 is 5.82 Å². The Bertz CT molecular complexity index is 487. The number of aromatic nitrogens is 2. The molecule has 4 heteroatoms. The SMILES string of the molecule is CN(CCc1ccccn1)c1cccc(CO)n1. The van der Waals surface area contributed by atoms with Crippen molar-refractivity contribution in [1.29, 1.82) is 0 Å². The standard InChI is InChI=1S/C14H17N3O/c1-17(10-8-12-5-2-3-9-15-12)14-7-4-6-13(11-18)16-14/h2-7,9,18H,8,10-11H2,1H3. The molecule has 2 rings (SSSR count). The van der Waals surface area contributed by atoms with Crippen LogP contribution in [0.15, 0.2) is 42.6 Å². The number of anilines is 1. The maximum atomic E-state index is 9.06. The number of nitrogens with zero attached hydrogens (tertiary/aromatic N) is 3. The summed E-state index contributed by atoms with van der Waals surface area (Å²) in [6.45, 7) is 0.820. The van der Waals surface area contributed by atoms with E-state index < -0.39 is 0 Å². The molecule has 2 aromatic rings. The van der Waals surface area contributed by atoms with Gasteiger partial charge in [-0.2, -0.15) is 0 Å². The average molecular weight is 243 g/mol. The van der Waals surface area contributed by atoms with Gasteiger partial charge < -0.3 is 10.0 Å². The number of pyridine rings is 2. The summed E-state index contributed by atoms with van der Waals surface area (Å²) in [6, 6.07) is 11.6. The van der Waals surface area contributed by atoms with Gasteiger partial charge in [-0.25, -0.2) is 4.98 Å². The molecule has 0 aromatic carbocycles. The fourth-order valence-electron chi connectivity index (χ4n) is 1.71. The molecule has 0 aliphatic rings. The lowest BCUT2D eigenvalue weighted by molar-refractivity contribution is 0.277. The maximum Gasteiger partial charge on any atom is 0.128 e. The average Bonchev–Trinajstić information content (AvgIpc) is 2.46.